The topological polar surface area (TPSA) is 20.3 Å². The SMILES string of the molecule is CCC(C)C(=O)N(C)C(C)(C)CCl. The maximum absolute atomic E-state index is 11.7. The van der Waals surface area contributed by atoms with Gasteiger partial charge in [0.2, 0.25) is 5.91 Å². The van der Waals surface area contributed by atoms with E-state index >= 15 is 0 Å². The maximum atomic E-state index is 11.7. The van der Waals surface area contributed by atoms with Crippen molar-refractivity contribution in [3.8, 4) is 0 Å². The first-order valence-electron chi connectivity index (χ1n) is 4.70. The number of alkyl halides is 1. The Morgan fingerprint density at radius 1 is 1.54 bits per heavy atom. The van der Waals surface area contributed by atoms with Crippen molar-refractivity contribution >= 4 is 17.5 Å². The molecule has 0 aliphatic heterocycles. The molecule has 0 aromatic heterocycles. The van der Waals surface area contributed by atoms with Gasteiger partial charge in [0.1, 0.15) is 0 Å². The summed E-state index contributed by atoms with van der Waals surface area (Å²) in [6, 6.07) is 0. The van der Waals surface area contributed by atoms with E-state index in [1.165, 1.54) is 0 Å². The number of halogens is 1. The molecule has 0 saturated carbocycles. The van der Waals surface area contributed by atoms with Crippen LogP contribution in [0.2, 0.25) is 0 Å². The fraction of sp³-hybridized carbons (Fsp3) is 0.900. The summed E-state index contributed by atoms with van der Waals surface area (Å²) >= 11 is 5.79. The number of carbonyl (C=O) groups is 1. The molecule has 0 radical (unpaired) electrons. The number of amides is 1. The molecule has 13 heavy (non-hydrogen) atoms. The van der Waals surface area contributed by atoms with Gasteiger partial charge < -0.3 is 4.90 Å². The molecule has 78 valence electrons. The van der Waals surface area contributed by atoms with Gasteiger partial charge in [0.15, 0.2) is 0 Å². The maximum Gasteiger partial charge on any atom is 0.225 e. The minimum absolute atomic E-state index is 0.0903. The molecule has 0 aromatic rings. The van der Waals surface area contributed by atoms with Crippen molar-refractivity contribution in [2.75, 3.05) is 12.9 Å². The fourth-order valence-corrected chi connectivity index (χ4v) is 1.07. The molecule has 0 N–H and O–H groups in total. The highest BCUT2D eigenvalue weighted by atomic mass is 35.5. The summed E-state index contributed by atoms with van der Waals surface area (Å²) in [5, 5.41) is 0. The molecule has 0 aliphatic carbocycles. The van der Waals surface area contributed by atoms with Crippen molar-refractivity contribution in [1.29, 1.82) is 0 Å². The van der Waals surface area contributed by atoms with Crippen LogP contribution >= 0.6 is 11.6 Å². The normalized spacial score (nSPS) is 14.0. The summed E-state index contributed by atoms with van der Waals surface area (Å²) in [5.41, 5.74) is -0.248. The quantitative estimate of drug-likeness (QED) is 0.646. The van der Waals surface area contributed by atoms with Crippen LogP contribution in [0.15, 0.2) is 0 Å². The zero-order valence-electron chi connectivity index (χ0n) is 9.22. The van der Waals surface area contributed by atoms with Crippen LogP contribution < -0.4 is 0 Å². The molecular weight excluding hydrogens is 186 g/mol. The van der Waals surface area contributed by atoms with Gasteiger partial charge in [0, 0.05) is 18.8 Å². The molecule has 0 aliphatic rings. The van der Waals surface area contributed by atoms with Crippen LogP contribution in [0.4, 0.5) is 0 Å². The van der Waals surface area contributed by atoms with Crippen molar-refractivity contribution < 1.29 is 4.79 Å². The minimum atomic E-state index is -0.248. The van der Waals surface area contributed by atoms with Gasteiger partial charge in [0.05, 0.1) is 5.54 Å². The van der Waals surface area contributed by atoms with Gasteiger partial charge in [-0.2, -0.15) is 0 Å². The zero-order valence-corrected chi connectivity index (χ0v) is 9.98. The highest BCUT2D eigenvalue weighted by Crippen LogP contribution is 2.17. The molecule has 0 saturated heterocycles. The molecule has 0 aromatic carbocycles. The Bertz CT molecular complexity index is 180. The van der Waals surface area contributed by atoms with Crippen molar-refractivity contribution in [2.45, 2.75) is 39.7 Å². The third-order valence-corrected chi connectivity index (χ3v) is 3.25. The average molecular weight is 206 g/mol. The standard InChI is InChI=1S/C10H20ClNO/c1-6-8(2)9(13)12(5)10(3,4)7-11/h8H,6-7H2,1-5H3. The lowest BCUT2D eigenvalue weighted by Crippen LogP contribution is -2.48. The molecule has 1 atom stereocenters. The smallest absolute Gasteiger partial charge is 0.225 e. The second kappa shape index (κ2) is 4.85. The molecular formula is C10H20ClNO. The number of hydrogen-bond acceptors (Lipinski definition) is 1. The van der Waals surface area contributed by atoms with E-state index in [0.717, 1.165) is 6.42 Å². The van der Waals surface area contributed by atoms with Gasteiger partial charge in [-0.15, -0.1) is 11.6 Å². The van der Waals surface area contributed by atoms with Crippen molar-refractivity contribution in [2.24, 2.45) is 5.92 Å². The lowest BCUT2D eigenvalue weighted by Gasteiger charge is -2.35. The van der Waals surface area contributed by atoms with E-state index in [9.17, 15) is 4.79 Å². The van der Waals surface area contributed by atoms with E-state index in [1.54, 1.807) is 4.90 Å². The highest BCUT2D eigenvalue weighted by molar-refractivity contribution is 6.18. The second-order valence-electron chi connectivity index (χ2n) is 4.15. The summed E-state index contributed by atoms with van der Waals surface area (Å²) in [4.78, 5) is 13.5. The molecule has 2 nitrogen and oxygen atoms in total. The van der Waals surface area contributed by atoms with Crippen LogP contribution in [-0.4, -0.2) is 29.3 Å². The summed E-state index contributed by atoms with van der Waals surface area (Å²) in [7, 11) is 1.82. The van der Waals surface area contributed by atoms with Crippen LogP contribution in [0.25, 0.3) is 0 Å². The van der Waals surface area contributed by atoms with E-state index in [0.29, 0.717) is 5.88 Å². The Hall–Kier alpha value is -0.240. The van der Waals surface area contributed by atoms with Crippen LogP contribution in [-0.2, 0) is 4.79 Å². The summed E-state index contributed by atoms with van der Waals surface area (Å²) < 4.78 is 0. The lowest BCUT2D eigenvalue weighted by molar-refractivity contribution is -0.137. The van der Waals surface area contributed by atoms with E-state index in [-0.39, 0.29) is 17.4 Å². The number of nitrogens with zero attached hydrogens (tertiary/aromatic N) is 1. The average Bonchev–Trinajstić information content (AvgIpc) is 2.14. The van der Waals surface area contributed by atoms with Gasteiger partial charge in [-0.3, -0.25) is 4.79 Å². The largest absolute Gasteiger partial charge is 0.339 e. The molecule has 0 fully saturated rings. The van der Waals surface area contributed by atoms with E-state index in [2.05, 4.69) is 0 Å². The minimum Gasteiger partial charge on any atom is -0.339 e. The van der Waals surface area contributed by atoms with Gasteiger partial charge >= 0.3 is 0 Å². The van der Waals surface area contributed by atoms with Crippen LogP contribution in [0.5, 0.6) is 0 Å². The fourth-order valence-electron chi connectivity index (χ4n) is 0.893. The number of hydrogen-bond donors (Lipinski definition) is 0. The van der Waals surface area contributed by atoms with E-state index in [4.69, 9.17) is 11.6 Å². The Morgan fingerprint density at radius 2 is 2.00 bits per heavy atom. The summed E-state index contributed by atoms with van der Waals surface area (Å²) in [6.45, 7) is 7.91. The molecule has 0 rings (SSSR count). The molecule has 1 amide bonds. The summed E-state index contributed by atoms with van der Waals surface area (Å²) in [6.07, 6.45) is 0.877. The van der Waals surface area contributed by atoms with Crippen LogP contribution in [0.1, 0.15) is 34.1 Å². The first kappa shape index (κ1) is 12.8. The Balaban J connectivity index is 4.42. The third-order valence-electron chi connectivity index (χ3n) is 2.60. The van der Waals surface area contributed by atoms with Crippen molar-refractivity contribution in [3.63, 3.8) is 0 Å². The van der Waals surface area contributed by atoms with Gasteiger partial charge in [0.25, 0.3) is 0 Å². The molecule has 0 bridgehead atoms. The lowest BCUT2D eigenvalue weighted by atomic mass is 10.0. The van der Waals surface area contributed by atoms with Gasteiger partial charge in [-0.05, 0) is 20.3 Å². The monoisotopic (exact) mass is 205 g/mol. The van der Waals surface area contributed by atoms with Crippen molar-refractivity contribution in [3.05, 3.63) is 0 Å². The second-order valence-corrected chi connectivity index (χ2v) is 4.42. The number of carbonyl (C=O) groups excluding carboxylic acids is 1. The van der Waals surface area contributed by atoms with Crippen LogP contribution in [0, 0.1) is 5.92 Å². The van der Waals surface area contributed by atoms with E-state index in [1.807, 2.05) is 34.7 Å². The molecule has 0 spiro atoms. The summed E-state index contributed by atoms with van der Waals surface area (Å²) in [5.74, 6) is 0.728. The Morgan fingerprint density at radius 3 is 2.31 bits per heavy atom. The molecule has 1 unspecified atom stereocenters. The number of rotatable bonds is 4. The highest BCUT2D eigenvalue weighted by Gasteiger charge is 2.28. The molecule has 3 heteroatoms. The van der Waals surface area contributed by atoms with E-state index < -0.39 is 0 Å². The van der Waals surface area contributed by atoms with Crippen LogP contribution in [0.3, 0.4) is 0 Å². The third kappa shape index (κ3) is 3.18. The van der Waals surface area contributed by atoms with Gasteiger partial charge in [-0.1, -0.05) is 13.8 Å². The predicted octanol–water partition coefficient (Wildman–Crippen LogP) is 2.51. The molecule has 0 heterocycles. The zero-order chi connectivity index (χ0) is 10.6. The Kier molecular flexibility index (Phi) is 4.76. The Labute approximate surface area is 86.2 Å². The van der Waals surface area contributed by atoms with Gasteiger partial charge in [-0.25, -0.2) is 0 Å². The van der Waals surface area contributed by atoms with Crippen molar-refractivity contribution in [1.82, 2.24) is 4.90 Å². The predicted molar refractivity (Wildman–Crippen MR) is 57.0 cm³/mol. The first-order chi connectivity index (χ1) is 5.86. The first-order valence-corrected chi connectivity index (χ1v) is 5.24.